The van der Waals surface area contributed by atoms with E-state index in [0.717, 1.165) is 11.9 Å². The summed E-state index contributed by atoms with van der Waals surface area (Å²) in [5.41, 5.74) is -1.41. The number of hydrogen-bond acceptors (Lipinski definition) is 6. The van der Waals surface area contributed by atoms with Crippen molar-refractivity contribution in [2.45, 2.75) is 109 Å². The highest BCUT2D eigenvalue weighted by Gasteiger charge is 2.59. The Bertz CT molecular complexity index is 1080. The molecular weight excluding hydrogens is 668 g/mol. The Labute approximate surface area is 265 Å². The van der Waals surface area contributed by atoms with Gasteiger partial charge in [0.1, 0.15) is 23.3 Å². The third-order valence-electron chi connectivity index (χ3n) is 6.04. The highest BCUT2D eigenvalue weighted by molar-refractivity contribution is 5.76. The van der Waals surface area contributed by atoms with Crippen molar-refractivity contribution < 1.29 is 71.7 Å². The van der Waals surface area contributed by atoms with Crippen molar-refractivity contribution in [3.8, 4) is 0 Å². The first-order chi connectivity index (χ1) is 20.8. The Kier molecular flexibility index (Phi) is 15.6. The van der Waals surface area contributed by atoms with Gasteiger partial charge in [-0.05, 0) is 74.0 Å². The molecule has 0 spiro atoms. The number of carbonyl (C=O) groups excluding carboxylic acids is 2. The summed E-state index contributed by atoms with van der Waals surface area (Å²) in [6.45, 7) is 8.85. The van der Waals surface area contributed by atoms with Crippen molar-refractivity contribution in [3.63, 3.8) is 0 Å². The van der Waals surface area contributed by atoms with Crippen molar-refractivity contribution in [1.29, 1.82) is 0 Å². The van der Waals surface area contributed by atoms with Gasteiger partial charge in [-0.1, -0.05) is 30.3 Å². The van der Waals surface area contributed by atoms with Crippen LogP contribution >= 0.6 is 0 Å². The largest absolute Gasteiger partial charge is 0.459 e. The first kappa shape index (κ1) is 44.2. The quantitative estimate of drug-likeness (QED) is 0.196. The molecular formula is C29H40F12N2O4. The second-order valence-corrected chi connectivity index (χ2v) is 12.6. The van der Waals surface area contributed by atoms with Gasteiger partial charge in [-0.3, -0.25) is 14.5 Å². The first-order valence-electron chi connectivity index (χ1n) is 13.9. The minimum atomic E-state index is -5.52. The van der Waals surface area contributed by atoms with Gasteiger partial charge < -0.3 is 14.8 Å². The van der Waals surface area contributed by atoms with Crippen LogP contribution in [0.3, 0.4) is 0 Å². The van der Waals surface area contributed by atoms with Crippen LogP contribution in [-0.4, -0.2) is 78.9 Å². The van der Waals surface area contributed by atoms with E-state index in [-0.39, 0.29) is 6.54 Å². The SMILES string of the molecule is CN(Cc1ccccc1)[C@@H](CC(C(F)(F)F)C(F)(F)F)C(=O)OC(C)(C)C.CN[C@@H](CC(C(F)(F)F)C(F)(F)F)C(=O)OC(C)(C)C. The van der Waals surface area contributed by atoms with Gasteiger partial charge in [0, 0.05) is 6.54 Å². The van der Waals surface area contributed by atoms with E-state index < -0.39 is 84.6 Å². The van der Waals surface area contributed by atoms with Crippen LogP contribution in [0.2, 0.25) is 0 Å². The maximum atomic E-state index is 13.0. The number of esters is 2. The molecule has 0 aliphatic heterocycles. The Morgan fingerprint density at radius 3 is 1.36 bits per heavy atom. The zero-order valence-electron chi connectivity index (χ0n) is 26.9. The standard InChI is InChI=1S/C18H23F6NO2.C11H17F6NO2/c1-16(2,3)27-15(26)13(10-14(17(19,20)21)18(22,23)24)25(4)11-12-8-6-5-7-9-12;1-9(2,3)20-8(19)6(18-4)5-7(10(12,13)14)11(15,16)17/h5-9,13-14H,10-11H2,1-4H3;6-7,18H,5H2,1-4H3/t13-;6-/m00/s1. The van der Waals surface area contributed by atoms with Crippen molar-refractivity contribution in [2.24, 2.45) is 11.8 Å². The van der Waals surface area contributed by atoms with Gasteiger partial charge in [0.2, 0.25) is 0 Å². The molecule has 0 aromatic heterocycles. The minimum Gasteiger partial charge on any atom is -0.459 e. The number of hydrogen-bond donors (Lipinski definition) is 1. The van der Waals surface area contributed by atoms with Gasteiger partial charge in [-0.15, -0.1) is 0 Å². The number of rotatable bonds is 10. The summed E-state index contributed by atoms with van der Waals surface area (Å²) in [5, 5.41) is 2.12. The number of likely N-dealkylation sites (N-methyl/N-ethyl adjacent to an activating group) is 2. The van der Waals surface area contributed by atoms with Crippen LogP contribution in [0.4, 0.5) is 52.7 Å². The summed E-state index contributed by atoms with van der Waals surface area (Å²) in [5.74, 6) is -9.49. The molecule has 0 aliphatic carbocycles. The molecule has 0 bridgehead atoms. The molecule has 1 rings (SSSR count). The molecule has 1 aromatic rings. The van der Waals surface area contributed by atoms with Crippen molar-refractivity contribution >= 4 is 11.9 Å². The summed E-state index contributed by atoms with van der Waals surface area (Å²) < 4.78 is 162. The summed E-state index contributed by atoms with van der Waals surface area (Å²) in [6.07, 6.45) is -24.9. The Balaban J connectivity index is 0.000000945. The summed E-state index contributed by atoms with van der Waals surface area (Å²) >= 11 is 0. The lowest BCUT2D eigenvalue weighted by molar-refractivity contribution is -0.289. The minimum absolute atomic E-state index is 0.00676. The number of ether oxygens (including phenoxy) is 2. The normalized spacial score (nSPS) is 14.9. The lowest BCUT2D eigenvalue weighted by Crippen LogP contribution is -2.48. The van der Waals surface area contributed by atoms with Crippen LogP contribution in [0.15, 0.2) is 30.3 Å². The highest BCUT2D eigenvalue weighted by Crippen LogP contribution is 2.43. The van der Waals surface area contributed by atoms with Crippen LogP contribution in [0.1, 0.15) is 59.9 Å². The highest BCUT2D eigenvalue weighted by atomic mass is 19.4. The predicted molar refractivity (Wildman–Crippen MR) is 147 cm³/mol. The van der Waals surface area contributed by atoms with E-state index in [0.29, 0.717) is 5.56 Å². The average molecular weight is 709 g/mol. The van der Waals surface area contributed by atoms with Crippen LogP contribution in [0, 0.1) is 11.8 Å². The number of nitrogens with zero attached hydrogens (tertiary/aromatic N) is 1. The lowest BCUT2D eigenvalue weighted by Gasteiger charge is -2.33. The lowest BCUT2D eigenvalue weighted by atomic mass is 9.97. The Morgan fingerprint density at radius 2 is 1.02 bits per heavy atom. The van der Waals surface area contributed by atoms with Gasteiger partial charge in [0.15, 0.2) is 11.8 Å². The van der Waals surface area contributed by atoms with Gasteiger partial charge in [0.25, 0.3) is 0 Å². The number of alkyl halides is 12. The fraction of sp³-hybridized carbons (Fsp3) is 0.724. The van der Waals surface area contributed by atoms with E-state index in [1.807, 2.05) is 0 Å². The zero-order chi connectivity index (χ0) is 37.4. The maximum Gasteiger partial charge on any atom is 0.400 e. The maximum absolute atomic E-state index is 13.0. The first-order valence-corrected chi connectivity index (χ1v) is 13.9. The number of halogens is 12. The number of carbonyl (C=O) groups is 2. The van der Waals surface area contributed by atoms with Crippen molar-refractivity contribution in [1.82, 2.24) is 10.2 Å². The van der Waals surface area contributed by atoms with Gasteiger partial charge in [0.05, 0.1) is 0 Å². The summed E-state index contributed by atoms with van der Waals surface area (Å²) in [7, 11) is 2.39. The van der Waals surface area contributed by atoms with E-state index >= 15 is 0 Å². The van der Waals surface area contributed by atoms with Gasteiger partial charge >= 0.3 is 36.6 Å². The second kappa shape index (κ2) is 16.6. The average Bonchev–Trinajstić information content (AvgIpc) is 2.80. The Morgan fingerprint density at radius 1 is 0.660 bits per heavy atom. The van der Waals surface area contributed by atoms with Crippen LogP contribution in [0.25, 0.3) is 0 Å². The van der Waals surface area contributed by atoms with E-state index in [9.17, 15) is 62.3 Å². The van der Waals surface area contributed by atoms with Crippen LogP contribution < -0.4 is 5.32 Å². The smallest absolute Gasteiger partial charge is 0.400 e. The molecule has 18 heteroatoms. The summed E-state index contributed by atoms with van der Waals surface area (Å²) in [6, 6.07) is 5.00. The molecule has 47 heavy (non-hydrogen) atoms. The number of nitrogens with one attached hydrogen (secondary N) is 1. The third-order valence-corrected chi connectivity index (χ3v) is 6.04. The van der Waals surface area contributed by atoms with Crippen LogP contribution in [0.5, 0.6) is 0 Å². The molecule has 0 unspecified atom stereocenters. The molecule has 0 radical (unpaired) electrons. The monoisotopic (exact) mass is 708 g/mol. The molecule has 0 saturated carbocycles. The van der Waals surface area contributed by atoms with Crippen LogP contribution in [-0.2, 0) is 25.6 Å². The molecule has 1 N–H and O–H groups in total. The van der Waals surface area contributed by atoms with Crippen molar-refractivity contribution in [3.05, 3.63) is 35.9 Å². The molecule has 0 amide bonds. The fourth-order valence-corrected chi connectivity index (χ4v) is 3.88. The third kappa shape index (κ3) is 17.3. The molecule has 0 saturated heterocycles. The molecule has 0 heterocycles. The zero-order valence-corrected chi connectivity index (χ0v) is 26.9. The number of benzene rings is 1. The predicted octanol–water partition coefficient (Wildman–Crippen LogP) is 8.01. The molecule has 0 aliphatic rings. The molecule has 274 valence electrons. The molecule has 0 fully saturated rings. The van der Waals surface area contributed by atoms with Crippen molar-refractivity contribution in [2.75, 3.05) is 14.1 Å². The topological polar surface area (TPSA) is 67.9 Å². The van der Waals surface area contributed by atoms with E-state index in [1.165, 1.54) is 48.6 Å². The van der Waals surface area contributed by atoms with E-state index in [2.05, 4.69) is 5.32 Å². The second-order valence-electron chi connectivity index (χ2n) is 12.6. The Hall–Kier alpha value is -2.76. The molecule has 2 atom stereocenters. The van der Waals surface area contributed by atoms with Gasteiger partial charge in [-0.2, -0.15) is 52.7 Å². The molecule has 6 nitrogen and oxygen atoms in total. The molecule has 1 aromatic carbocycles. The fourth-order valence-electron chi connectivity index (χ4n) is 3.88. The summed E-state index contributed by atoms with van der Waals surface area (Å²) in [4.78, 5) is 25.1. The van der Waals surface area contributed by atoms with E-state index in [4.69, 9.17) is 9.47 Å². The van der Waals surface area contributed by atoms with E-state index in [1.54, 1.807) is 30.3 Å². The van der Waals surface area contributed by atoms with Gasteiger partial charge in [-0.25, -0.2) is 0 Å².